The fourth-order valence-electron chi connectivity index (χ4n) is 9.17. The van der Waals surface area contributed by atoms with Gasteiger partial charge in [-0.25, -0.2) is 17.4 Å². The first-order valence-electron chi connectivity index (χ1n) is 26.6. The van der Waals surface area contributed by atoms with E-state index < -0.39 is 17.4 Å². The lowest BCUT2D eigenvalue weighted by Crippen LogP contribution is -2.48. The average Bonchev–Trinajstić information content (AvgIpc) is 2.76. The van der Waals surface area contributed by atoms with Crippen LogP contribution in [-0.2, 0) is 19.6 Å². The number of nitrogens with one attached hydrogen (secondary N) is 4. The highest BCUT2D eigenvalue weighted by Crippen LogP contribution is 2.37. The van der Waals surface area contributed by atoms with Gasteiger partial charge in [-0.1, -0.05) is 37.3 Å². The second kappa shape index (κ2) is 26.5. The van der Waals surface area contributed by atoms with Crippen LogP contribution in [0.3, 0.4) is 0 Å². The number of aromatic nitrogens is 8. The zero-order chi connectivity index (χ0) is 58.7. The van der Waals surface area contributed by atoms with Crippen molar-refractivity contribution in [2.24, 2.45) is 0 Å². The van der Waals surface area contributed by atoms with Crippen LogP contribution in [0.2, 0.25) is 24.9 Å². The van der Waals surface area contributed by atoms with Gasteiger partial charge in [0.15, 0.2) is 5.65 Å². The Morgan fingerprint density at radius 1 is 0.634 bits per heavy atom. The lowest BCUT2D eigenvalue weighted by Gasteiger charge is -2.35. The monoisotopic (exact) mass is 1180 g/mol. The molecule has 2 aliphatic heterocycles. The molecule has 24 heteroatoms. The number of benzene rings is 3. The molecular weight excluding hydrogens is 1120 g/mol. The highest BCUT2D eigenvalue weighted by molar-refractivity contribution is 7.90. The predicted molar refractivity (Wildman–Crippen MR) is 334 cm³/mol. The van der Waals surface area contributed by atoms with E-state index >= 15 is 0 Å². The predicted octanol–water partition coefficient (Wildman–Crippen LogP) is 10.2. The van der Waals surface area contributed by atoms with Crippen LogP contribution in [0.1, 0.15) is 19.4 Å². The minimum atomic E-state index is -3.89. The van der Waals surface area contributed by atoms with Gasteiger partial charge in [-0.15, -0.1) is 0 Å². The van der Waals surface area contributed by atoms with E-state index in [2.05, 4.69) is 87.4 Å². The first-order valence-corrected chi connectivity index (χ1v) is 32.9. The first kappa shape index (κ1) is 59.8. The topological polar surface area (TPSA) is 241 Å². The lowest BCUT2D eigenvalue weighted by molar-refractivity contribution is -0.129. The standard InChI is InChI=1S/C24H26N8O.C19H16ClN5O2S.C12H17N3O.C3H9ClSi/c1-16(33)31-11-13-32(14-12-31)19-5-3-18(4-6-19)28-24-29-22(25-2)21-20(15-27-23(21)30-24)17-7-9-26-10-8-17;1-12-3-5-14(6-4-12)28(26,27)25-11-15(13-7-9-22-10-8-13)16-17(21-2)23-19(20)24-18(16)25;1-10(16)14-6-8-15(9-7-14)12-4-2-11(13)3-5-12;1-5(2,3)4/h3-10,15H,11-14H2,1-2H3,(H3,25,27,28,29,30);3-11H,1-2H3,(H,21,23,24);2-5H,6-9,13H2,1H3;1-3H3. The van der Waals surface area contributed by atoms with Gasteiger partial charge >= 0.3 is 0 Å². The minimum Gasteiger partial charge on any atom is -0.399 e. The number of aryl methyl sites for hydroxylation is 1. The number of H-pyrrole nitrogens is 1. The van der Waals surface area contributed by atoms with Crippen molar-refractivity contribution in [2.75, 3.05) is 97.9 Å². The normalized spacial score (nSPS) is 13.5. The molecule has 2 amide bonds. The summed E-state index contributed by atoms with van der Waals surface area (Å²) in [4.78, 5) is 60.4. The highest BCUT2D eigenvalue weighted by atomic mass is 35.6. The number of pyridine rings is 2. The Bertz CT molecular complexity index is 3720. The van der Waals surface area contributed by atoms with E-state index in [1.807, 2.05) is 78.5 Å². The summed E-state index contributed by atoms with van der Waals surface area (Å²) >= 11 is 11.7. The van der Waals surface area contributed by atoms with Crippen molar-refractivity contribution in [3.05, 3.63) is 145 Å². The lowest BCUT2D eigenvalue weighted by atomic mass is 10.1. The third-order valence-corrected chi connectivity index (χ3v) is 15.2. The number of anilines is 7. The second-order valence-corrected chi connectivity index (χ2v) is 30.0. The summed E-state index contributed by atoms with van der Waals surface area (Å²) < 4.78 is 27.8. The van der Waals surface area contributed by atoms with Crippen LogP contribution in [0.4, 0.5) is 40.3 Å². The molecule has 0 saturated carbocycles. The van der Waals surface area contributed by atoms with Gasteiger partial charge in [0.05, 0.1) is 15.7 Å². The van der Waals surface area contributed by atoms with Gasteiger partial charge < -0.3 is 46.3 Å². The first-order chi connectivity index (χ1) is 39.2. The number of aromatic amines is 1. The van der Waals surface area contributed by atoms with Crippen molar-refractivity contribution in [3.8, 4) is 22.3 Å². The SMILES string of the molecule is CC(=O)N1CCN(c2ccc(N)cc2)CC1.CNc1nc(Cl)nc2c1c(-c1ccncc1)cn2S(=O)(=O)c1ccc(C)cc1.CNc1nc(Nc2ccc(N3CCN(C(C)=O)CC3)cc2)nc2[nH]cc(-c3ccncc3)c12.C[Si](C)(C)Cl. The van der Waals surface area contributed by atoms with Gasteiger partial charge in [-0.2, -0.15) is 26.0 Å². The molecule has 8 heterocycles. The maximum atomic E-state index is 13.3. The number of fused-ring (bicyclic) bond motifs is 2. The Kier molecular flexibility index (Phi) is 19.3. The maximum absolute atomic E-state index is 13.3. The van der Waals surface area contributed by atoms with E-state index in [1.54, 1.807) is 88.3 Å². The molecule has 9 aromatic rings. The summed E-state index contributed by atoms with van der Waals surface area (Å²) in [6, 6.07) is 30.3. The fraction of sp³-hybridized carbons (Fsp3) is 0.276. The Morgan fingerprint density at radius 2 is 1.11 bits per heavy atom. The van der Waals surface area contributed by atoms with Crippen molar-refractivity contribution in [1.29, 1.82) is 0 Å². The molecule has 0 radical (unpaired) electrons. The van der Waals surface area contributed by atoms with E-state index in [4.69, 9.17) is 33.4 Å². The fourth-order valence-corrected chi connectivity index (χ4v) is 10.6. The molecule has 0 atom stereocenters. The van der Waals surface area contributed by atoms with Gasteiger partial charge in [0.25, 0.3) is 10.0 Å². The Balaban J connectivity index is 0.000000162. The number of piperazine rings is 2. The van der Waals surface area contributed by atoms with Crippen molar-refractivity contribution in [2.45, 2.75) is 45.3 Å². The van der Waals surface area contributed by atoms with Crippen LogP contribution in [0.25, 0.3) is 44.3 Å². The van der Waals surface area contributed by atoms with E-state index in [9.17, 15) is 18.0 Å². The van der Waals surface area contributed by atoms with Crippen LogP contribution >= 0.6 is 22.7 Å². The van der Waals surface area contributed by atoms with Crippen LogP contribution in [0.15, 0.2) is 139 Å². The van der Waals surface area contributed by atoms with Crippen LogP contribution in [-0.4, -0.2) is 143 Å². The zero-order valence-electron chi connectivity index (χ0n) is 47.2. The molecule has 6 N–H and O–H groups in total. The minimum absolute atomic E-state index is 0.0448. The number of amides is 2. The third kappa shape index (κ3) is 15.0. The number of nitrogens with two attached hydrogens (primary N) is 1. The Hall–Kier alpha value is -8.31. The van der Waals surface area contributed by atoms with Gasteiger partial charge in [0.2, 0.25) is 23.0 Å². The summed E-state index contributed by atoms with van der Waals surface area (Å²) in [6.07, 6.45) is 10.3. The van der Waals surface area contributed by atoms with Crippen LogP contribution in [0, 0.1) is 6.92 Å². The summed E-state index contributed by atoms with van der Waals surface area (Å²) in [5.41, 5.74) is 15.1. The number of rotatable bonds is 10. The average molecular weight is 1180 g/mol. The molecule has 0 bridgehead atoms. The van der Waals surface area contributed by atoms with Crippen molar-refractivity contribution in [1.82, 2.24) is 48.7 Å². The summed E-state index contributed by atoms with van der Waals surface area (Å²) in [7, 11) is -1.47. The quantitative estimate of drug-likeness (QED) is 0.0370. The Morgan fingerprint density at radius 3 is 1.60 bits per heavy atom. The molecule has 0 aliphatic carbocycles. The summed E-state index contributed by atoms with van der Waals surface area (Å²) in [6.45, 7) is 18.0. The molecule has 6 aromatic heterocycles. The molecular formula is C58H68Cl2N16O4SSi. The van der Waals surface area contributed by atoms with Crippen molar-refractivity contribution >= 4 is 114 Å². The summed E-state index contributed by atoms with van der Waals surface area (Å²) in [5.74, 6) is 2.01. The molecule has 82 heavy (non-hydrogen) atoms. The largest absolute Gasteiger partial charge is 0.399 e. The smallest absolute Gasteiger partial charge is 0.269 e. The van der Waals surface area contributed by atoms with Crippen LogP contribution in [0.5, 0.6) is 0 Å². The molecule has 2 aliphatic rings. The van der Waals surface area contributed by atoms with Gasteiger partial charge in [-0.3, -0.25) is 19.6 Å². The van der Waals surface area contributed by atoms with E-state index in [0.717, 1.165) is 112 Å². The summed E-state index contributed by atoms with van der Waals surface area (Å²) in [5, 5.41) is 10.9. The van der Waals surface area contributed by atoms with E-state index in [1.165, 1.54) is 5.69 Å². The highest BCUT2D eigenvalue weighted by Gasteiger charge is 2.26. The number of nitrogen functional groups attached to an aromatic ring is 1. The van der Waals surface area contributed by atoms with Crippen LogP contribution < -0.4 is 31.5 Å². The molecule has 20 nitrogen and oxygen atoms in total. The van der Waals surface area contributed by atoms with Crippen molar-refractivity contribution in [3.63, 3.8) is 0 Å². The molecule has 0 spiro atoms. The molecule has 2 fully saturated rings. The molecule has 11 rings (SSSR count). The number of nitrogens with zero attached hydrogens (tertiary/aromatic N) is 11. The number of hydrogen-bond acceptors (Lipinski definition) is 16. The van der Waals surface area contributed by atoms with E-state index in [-0.39, 0.29) is 27.6 Å². The molecule has 3 aromatic carbocycles. The number of halogens is 2. The zero-order valence-corrected chi connectivity index (χ0v) is 50.5. The van der Waals surface area contributed by atoms with Gasteiger partial charge in [-0.05, 0) is 115 Å². The van der Waals surface area contributed by atoms with Crippen molar-refractivity contribution < 1.29 is 18.0 Å². The Labute approximate surface area is 488 Å². The van der Waals surface area contributed by atoms with Gasteiger partial charge in [0, 0.05) is 151 Å². The molecule has 2 saturated heterocycles. The second-order valence-electron chi connectivity index (χ2n) is 20.3. The van der Waals surface area contributed by atoms with Gasteiger partial charge in [0.1, 0.15) is 24.7 Å². The number of carbonyl (C=O) groups is 2. The maximum Gasteiger partial charge on any atom is 0.269 e. The number of hydrogen-bond donors (Lipinski definition) is 5. The number of carbonyl (C=O) groups excluding carboxylic acids is 2. The molecule has 0 unspecified atom stereocenters. The third-order valence-electron chi connectivity index (χ3n) is 13.3. The molecule has 428 valence electrons. The van der Waals surface area contributed by atoms with E-state index in [0.29, 0.717) is 22.7 Å².